The zero-order valence-corrected chi connectivity index (χ0v) is 21.4. The Labute approximate surface area is 180 Å². The maximum atomic E-state index is 6.51. The van der Waals surface area contributed by atoms with E-state index in [9.17, 15) is 0 Å². The molecule has 2 aromatic carbocycles. The summed E-state index contributed by atoms with van der Waals surface area (Å²) in [4.78, 5) is 0. The second-order valence-corrected chi connectivity index (χ2v) is 17.3. The van der Waals surface area contributed by atoms with Gasteiger partial charge < -0.3 is 5.73 Å². The van der Waals surface area contributed by atoms with Crippen LogP contribution in [0, 0.1) is 0 Å². The lowest BCUT2D eigenvalue weighted by molar-refractivity contribution is 0.571. The molecule has 0 fully saturated rings. The second-order valence-electron chi connectivity index (χ2n) is 12.6. The minimum absolute atomic E-state index is 0.134. The lowest BCUT2D eigenvalue weighted by Crippen LogP contribution is -2.51. The summed E-state index contributed by atoms with van der Waals surface area (Å²) >= 11 is 0. The monoisotopic (exact) mass is 407 g/mol. The summed E-state index contributed by atoms with van der Waals surface area (Å²) in [6.45, 7) is 23.3. The number of fused-ring (bicyclic) bond motifs is 3. The van der Waals surface area contributed by atoms with E-state index in [-0.39, 0.29) is 16.4 Å². The lowest BCUT2D eigenvalue weighted by Gasteiger charge is -2.34. The van der Waals surface area contributed by atoms with Crippen LogP contribution < -0.4 is 10.9 Å². The van der Waals surface area contributed by atoms with E-state index in [0.717, 1.165) is 12.5 Å². The van der Waals surface area contributed by atoms with E-state index >= 15 is 0 Å². The van der Waals surface area contributed by atoms with Crippen molar-refractivity contribution in [3.05, 3.63) is 52.6 Å². The summed E-state index contributed by atoms with van der Waals surface area (Å²) < 4.78 is 0. The Morgan fingerprint density at radius 1 is 0.793 bits per heavy atom. The fraction of sp³-hybridized carbons (Fsp3) is 0.556. The van der Waals surface area contributed by atoms with Gasteiger partial charge in [-0.3, -0.25) is 0 Å². The van der Waals surface area contributed by atoms with Crippen molar-refractivity contribution in [3.63, 3.8) is 0 Å². The molecule has 1 aliphatic rings. The van der Waals surface area contributed by atoms with E-state index in [1.165, 1.54) is 27.8 Å². The van der Waals surface area contributed by atoms with Gasteiger partial charge in [0.2, 0.25) is 0 Å². The molecule has 0 radical (unpaired) electrons. The molecule has 0 saturated carbocycles. The molecule has 0 aromatic heterocycles. The van der Waals surface area contributed by atoms with Gasteiger partial charge >= 0.3 is 0 Å². The molecule has 2 N–H and O–H groups in total. The third-order valence-electron chi connectivity index (χ3n) is 6.38. The second kappa shape index (κ2) is 6.82. The van der Waals surface area contributed by atoms with Crippen LogP contribution in [0.3, 0.4) is 0 Å². The molecule has 0 unspecified atom stereocenters. The van der Waals surface area contributed by atoms with Crippen molar-refractivity contribution in [2.24, 2.45) is 5.73 Å². The molecule has 3 rings (SSSR count). The van der Waals surface area contributed by atoms with Crippen molar-refractivity contribution in [1.82, 2.24) is 0 Å². The van der Waals surface area contributed by atoms with Crippen LogP contribution in [0.1, 0.15) is 77.6 Å². The van der Waals surface area contributed by atoms with Crippen LogP contribution in [-0.4, -0.2) is 13.6 Å². The van der Waals surface area contributed by atoms with Crippen LogP contribution in [0.15, 0.2) is 30.3 Å². The zero-order valence-electron chi connectivity index (χ0n) is 20.4. The van der Waals surface area contributed by atoms with E-state index in [4.69, 9.17) is 5.73 Å². The fourth-order valence-corrected chi connectivity index (χ4v) is 9.07. The molecule has 0 bridgehead atoms. The first-order valence-electron chi connectivity index (χ1n) is 11.1. The molecule has 2 aromatic rings. The van der Waals surface area contributed by atoms with Gasteiger partial charge in [0.1, 0.15) is 0 Å². The molecule has 0 amide bonds. The fourth-order valence-electron chi connectivity index (χ4n) is 5.01. The summed E-state index contributed by atoms with van der Waals surface area (Å²) in [5.41, 5.74) is 15.5. The SMILES string of the molecule is CC(C)(N)C[Si](C)(C)c1cc(C(C)(C)C)cc2c1Cc1ccc(C(C)(C)C)cc1-2. The van der Waals surface area contributed by atoms with E-state index in [1.54, 1.807) is 10.8 Å². The van der Waals surface area contributed by atoms with Crippen LogP contribution >= 0.6 is 0 Å². The molecule has 29 heavy (non-hydrogen) atoms. The first-order valence-corrected chi connectivity index (χ1v) is 14.3. The molecule has 2 heteroatoms. The van der Waals surface area contributed by atoms with Crippen molar-refractivity contribution in [2.45, 2.75) is 97.3 Å². The zero-order chi connectivity index (χ0) is 22.0. The summed E-state index contributed by atoms with van der Waals surface area (Å²) in [6.07, 6.45) is 1.07. The highest BCUT2D eigenvalue weighted by atomic mass is 28.3. The number of benzene rings is 2. The van der Waals surface area contributed by atoms with Crippen LogP contribution in [0.5, 0.6) is 0 Å². The standard InChI is InChI=1S/C27H41NSi/c1-25(2,3)19-12-11-18-13-23-22(21(18)14-19)15-20(26(4,5)6)16-24(23)29(9,10)17-27(7,8)28/h11-12,14-16H,13,17,28H2,1-10H3. The molecule has 0 heterocycles. The Balaban J connectivity index is 2.26. The quantitative estimate of drug-likeness (QED) is 0.492. The highest BCUT2D eigenvalue weighted by Gasteiger charge is 2.36. The number of hydrogen-bond acceptors (Lipinski definition) is 1. The summed E-state index contributed by atoms with van der Waals surface area (Å²) in [5.74, 6) is 0. The Morgan fingerprint density at radius 3 is 1.86 bits per heavy atom. The normalized spacial score (nSPS) is 14.7. The Kier molecular flexibility index (Phi) is 5.24. The highest BCUT2D eigenvalue weighted by molar-refractivity contribution is 6.90. The maximum Gasteiger partial charge on any atom is 0.0828 e. The molecule has 1 nitrogen and oxygen atoms in total. The third-order valence-corrected chi connectivity index (χ3v) is 10.1. The first-order chi connectivity index (χ1) is 13.0. The van der Waals surface area contributed by atoms with E-state index in [1.807, 2.05) is 0 Å². The van der Waals surface area contributed by atoms with Crippen molar-refractivity contribution < 1.29 is 0 Å². The van der Waals surface area contributed by atoms with Gasteiger partial charge in [0.25, 0.3) is 0 Å². The van der Waals surface area contributed by atoms with Gasteiger partial charge in [-0.15, -0.1) is 0 Å². The van der Waals surface area contributed by atoms with Gasteiger partial charge in [-0.25, -0.2) is 0 Å². The van der Waals surface area contributed by atoms with Gasteiger partial charge in [-0.2, -0.15) is 0 Å². The predicted molar refractivity (Wildman–Crippen MR) is 132 cm³/mol. The van der Waals surface area contributed by atoms with E-state index in [2.05, 4.69) is 98.8 Å². The summed E-state index contributed by atoms with van der Waals surface area (Å²) in [6, 6.07) is 13.3. The van der Waals surface area contributed by atoms with Gasteiger partial charge in [-0.05, 0) is 70.5 Å². The topological polar surface area (TPSA) is 26.0 Å². The van der Waals surface area contributed by atoms with E-state index in [0.29, 0.717) is 0 Å². The number of hydrogen-bond donors (Lipinski definition) is 1. The van der Waals surface area contributed by atoms with Gasteiger partial charge in [0, 0.05) is 5.54 Å². The van der Waals surface area contributed by atoms with Crippen molar-refractivity contribution in [2.75, 3.05) is 0 Å². The molecule has 0 saturated heterocycles. The molecule has 0 spiro atoms. The average Bonchev–Trinajstić information content (AvgIpc) is 2.87. The number of rotatable bonds is 3. The Morgan fingerprint density at radius 2 is 1.34 bits per heavy atom. The highest BCUT2D eigenvalue weighted by Crippen LogP contribution is 2.41. The Hall–Kier alpha value is -1.38. The van der Waals surface area contributed by atoms with Crippen LogP contribution in [0.25, 0.3) is 11.1 Å². The Bertz CT molecular complexity index is 931. The van der Waals surface area contributed by atoms with Crippen LogP contribution in [0.2, 0.25) is 19.1 Å². The minimum Gasteiger partial charge on any atom is -0.326 e. The van der Waals surface area contributed by atoms with Gasteiger partial charge in [0.15, 0.2) is 0 Å². The molecular weight excluding hydrogens is 366 g/mol. The first kappa shape index (κ1) is 22.3. The van der Waals surface area contributed by atoms with Gasteiger partial charge in [-0.1, -0.05) is 90.2 Å². The molecule has 0 aliphatic heterocycles. The number of nitrogens with two attached hydrogens (primary N) is 1. The third kappa shape index (κ3) is 4.54. The van der Waals surface area contributed by atoms with Crippen molar-refractivity contribution >= 4 is 13.3 Å². The summed E-state index contributed by atoms with van der Waals surface area (Å²) in [5, 5.41) is 1.62. The maximum absolute atomic E-state index is 6.51. The average molecular weight is 408 g/mol. The van der Waals surface area contributed by atoms with Gasteiger partial charge in [0.05, 0.1) is 8.07 Å². The van der Waals surface area contributed by atoms with E-state index < -0.39 is 8.07 Å². The van der Waals surface area contributed by atoms with Crippen LogP contribution in [-0.2, 0) is 17.3 Å². The minimum atomic E-state index is -1.70. The van der Waals surface area contributed by atoms with Crippen molar-refractivity contribution in [3.8, 4) is 11.1 Å². The van der Waals surface area contributed by atoms with Crippen LogP contribution in [0.4, 0.5) is 0 Å². The van der Waals surface area contributed by atoms with Crippen molar-refractivity contribution in [1.29, 1.82) is 0 Å². The smallest absolute Gasteiger partial charge is 0.0828 e. The summed E-state index contributed by atoms with van der Waals surface area (Å²) in [7, 11) is -1.70. The molecule has 1 aliphatic carbocycles. The largest absolute Gasteiger partial charge is 0.326 e. The molecule has 158 valence electrons. The lowest BCUT2D eigenvalue weighted by atomic mass is 9.83. The molecule has 0 atom stereocenters. The molecular formula is C27H41NSi. The predicted octanol–water partition coefficient (Wildman–Crippen LogP) is 6.51.